The lowest BCUT2D eigenvalue weighted by atomic mass is 9.98. The number of alkyl halides is 7. The molecule has 13 heteroatoms. The van der Waals surface area contributed by atoms with E-state index in [0.29, 0.717) is 6.07 Å². The van der Waals surface area contributed by atoms with Gasteiger partial charge in [-0.2, -0.15) is 30.7 Å². The van der Waals surface area contributed by atoms with Crippen molar-refractivity contribution >= 4 is 5.69 Å². The van der Waals surface area contributed by atoms with E-state index in [4.69, 9.17) is 4.74 Å². The molecule has 0 saturated heterocycles. The fourth-order valence-electron chi connectivity index (χ4n) is 4.04. The van der Waals surface area contributed by atoms with Gasteiger partial charge in [0.15, 0.2) is 11.9 Å². The summed E-state index contributed by atoms with van der Waals surface area (Å²) < 4.78 is 129. The maximum absolute atomic E-state index is 13.9. The summed E-state index contributed by atoms with van der Waals surface area (Å²) >= 11 is 0. The maximum Gasteiger partial charge on any atom is 0.461 e. The van der Waals surface area contributed by atoms with Gasteiger partial charge in [0.2, 0.25) is 0 Å². The minimum Gasteiger partial charge on any atom is -0.488 e. The Labute approximate surface area is 209 Å². The van der Waals surface area contributed by atoms with Gasteiger partial charge >= 0.3 is 18.7 Å². The Morgan fingerprint density at radius 1 is 0.947 bits per heavy atom. The average molecular weight is 551 g/mol. The molecule has 0 radical (unpaired) electrons. The lowest BCUT2D eigenvalue weighted by Crippen LogP contribution is -2.46. The first-order valence-electron chi connectivity index (χ1n) is 10.9. The van der Waals surface area contributed by atoms with Gasteiger partial charge in [0.1, 0.15) is 24.0 Å². The van der Waals surface area contributed by atoms with Crippen LogP contribution in [-0.2, 0) is 0 Å². The van der Waals surface area contributed by atoms with Gasteiger partial charge in [0.25, 0.3) is 0 Å². The van der Waals surface area contributed by atoms with Gasteiger partial charge in [-0.1, -0.05) is 24.3 Å². The number of para-hydroxylation sites is 1. The lowest BCUT2D eigenvalue weighted by molar-refractivity contribution is -0.253. The smallest absolute Gasteiger partial charge is 0.461 e. The molecule has 0 amide bonds. The van der Waals surface area contributed by atoms with Crippen LogP contribution in [0.15, 0.2) is 60.7 Å². The van der Waals surface area contributed by atoms with Crippen LogP contribution in [0.1, 0.15) is 11.6 Å². The van der Waals surface area contributed by atoms with Crippen LogP contribution in [0.3, 0.4) is 0 Å². The quantitative estimate of drug-likeness (QED) is 0.331. The molecule has 1 aliphatic heterocycles. The van der Waals surface area contributed by atoms with E-state index < -0.39 is 61.4 Å². The molecule has 1 aliphatic rings. The predicted molar refractivity (Wildman–Crippen MR) is 117 cm³/mol. The minimum absolute atomic E-state index is 0.00375. The summed E-state index contributed by atoms with van der Waals surface area (Å²) in [5.74, 6) is -2.54. The number of hydrogen-bond acceptors (Lipinski definition) is 4. The molecule has 3 aromatic carbocycles. The van der Waals surface area contributed by atoms with Crippen molar-refractivity contribution < 1.29 is 54.1 Å². The number of halogens is 9. The highest BCUT2D eigenvalue weighted by molar-refractivity contribution is 5.80. The first-order chi connectivity index (χ1) is 17.8. The molecule has 204 valence electrons. The molecule has 4 rings (SSSR count). The lowest BCUT2D eigenvalue weighted by Gasteiger charge is -2.41. The summed E-state index contributed by atoms with van der Waals surface area (Å²) in [6, 6.07) is 10.0. The fraction of sp³-hybridized carbons (Fsp3) is 0.280. The van der Waals surface area contributed by atoms with Crippen LogP contribution >= 0.6 is 0 Å². The predicted octanol–water partition coefficient (Wildman–Crippen LogP) is 6.73. The number of aliphatic hydroxyl groups excluding tert-OH is 1. The van der Waals surface area contributed by atoms with E-state index in [9.17, 15) is 44.6 Å². The van der Waals surface area contributed by atoms with Crippen LogP contribution in [0.5, 0.6) is 11.5 Å². The maximum atomic E-state index is 13.9. The Kier molecular flexibility index (Phi) is 7.42. The third-order valence-electron chi connectivity index (χ3n) is 5.74. The number of hydrogen-bond donors (Lipinski definition) is 1. The van der Waals surface area contributed by atoms with Gasteiger partial charge in [-0.25, -0.2) is 8.78 Å². The Morgan fingerprint density at radius 3 is 2.24 bits per heavy atom. The van der Waals surface area contributed by atoms with E-state index in [2.05, 4.69) is 4.74 Å². The van der Waals surface area contributed by atoms with Crippen molar-refractivity contribution in [3.63, 3.8) is 0 Å². The van der Waals surface area contributed by atoms with Crippen molar-refractivity contribution in [2.45, 2.75) is 30.9 Å². The van der Waals surface area contributed by atoms with Gasteiger partial charge in [-0.15, -0.1) is 0 Å². The fourth-order valence-corrected chi connectivity index (χ4v) is 4.04. The van der Waals surface area contributed by atoms with Gasteiger partial charge in [0, 0.05) is 11.6 Å². The average Bonchev–Trinajstić information content (AvgIpc) is 2.82. The van der Waals surface area contributed by atoms with E-state index in [1.54, 1.807) is 0 Å². The molecule has 0 saturated carbocycles. The monoisotopic (exact) mass is 551 g/mol. The highest BCUT2D eigenvalue weighted by Gasteiger charge is 2.45. The number of aliphatic hydroxyl groups is 1. The molecule has 4 nitrogen and oxygen atoms in total. The first-order valence-corrected chi connectivity index (χ1v) is 10.9. The van der Waals surface area contributed by atoms with Crippen molar-refractivity contribution in [1.82, 2.24) is 0 Å². The molecule has 0 aromatic heterocycles. The molecule has 38 heavy (non-hydrogen) atoms. The summed E-state index contributed by atoms with van der Waals surface area (Å²) in [4.78, 5) is 1.08. The Bertz CT molecular complexity index is 1280. The number of benzene rings is 3. The standard InChI is InChI=1S/C25H18F9NO3/c26-15-7-14(8-16(27)10-15)18-5-2-6-19-22(18)37-12-20(35(19)11-21(36)24(30,31)32)13-3-1-4-17(9-13)38-25(33,34)23(28)29/h1-10,20-21,23,36H,11-12H2/t20-,21+/m1/s1. The number of fused-ring (bicyclic) bond motifs is 1. The topological polar surface area (TPSA) is 41.9 Å². The summed E-state index contributed by atoms with van der Waals surface area (Å²) in [5.41, 5.74) is 0.212. The Balaban J connectivity index is 1.78. The van der Waals surface area contributed by atoms with Crippen molar-refractivity contribution in [2.24, 2.45) is 0 Å². The van der Waals surface area contributed by atoms with Crippen LogP contribution in [0, 0.1) is 11.6 Å². The highest BCUT2D eigenvalue weighted by atomic mass is 19.4. The molecule has 0 unspecified atom stereocenters. The van der Waals surface area contributed by atoms with Crippen LogP contribution in [0.2, 0.25) is 0 Å². The highest BCUT2D eigenvalue weighted by Crippen LogP contribution is 2.46. The third-order valence-corrected chi connectivity index (χ3v) is 5.74. The second-order valence-corrected chi connectivity index (χ2v) is 8.39. The zero-order valence-electron chi connectivity index (χ0n) is 19.0. The Morgan fingerprint density at radius 2 is 1.61 bits per heavy atom. The molecule has 2 atom stereocenters. The number of ether oxygens (including phenoxy) is 2. The third kappa shape index (κ3) is 5.77. The van der Waals surface area contributed by atoms with Crippen molar-refractivity contribution in [3.05, 3.63) is 77.9 Å². The SMILES string of the molecule is O[C@@H](CN1c2cccc(-c3cc(F)cc(F)c3)c2OC[C@@H]1c1cccc(OC(F)(F)C(F)F)c1)C(F)(F)F. The zero-order chi connectivity index (χ0) is 27.8. The molecular formula is C25H18F9NO3. The molecule has 0 bridgehead atoms. The number of rotatable bonds is 7. The van der Waals surface area contributed by atoms with Crippen LogP contribution in [-0.4, -0.2) is 43.1 Å². The molecule has 3 aromatic rings. The van der Waals surface area contributed by atoms with E-state index in [1.165, 1.54) is 30.3 Å². The van der Waals surface area contributed by atoms with E-state index in [-0.39, 0.29) is 28.1 Å². The van der Waals surface area contributed by atoms with Crippen LogP contribution in [0.25, 0.3) is 11.1 Å². The molecule has 1 N–H and O–H groups in total. The second-order valence-electron chi connectivity index (χ2n) is 8.39. The van der Waals surface area contributed by atoms with Crippen LogP contribution in [0.4, 0.5) is 45.2 Å². The molecule has 0 fully saturated rings. The number of nitrogens with zero attached hydrogens (tertiary/aromatic N) is 1. The van der Waals surface area contributed by atoms with Crippen molar-refractivity contribution in [3.8, 4) is 22.6 Å². The second kappa shape index (κ2) is 10.3. The van der Waals surface area contributed by atoms with Crippen LogP contribution < -0.4 is 14.4 Å². The minimum atomic E-state index is -5.03. The molecular weight excluding hydrogens is 533 g/mol. The zero-order valence-corrected chi connectivity index (χ0v) is 19.0. The van der Waals surface area contributed by atoms with Gasteiger partial charge < -0.3 is 19.5 Å². The first kappa shape index (κ1) is 27.4. The normalized spacial score (nSPS) is 16.7. The molecule has 1 heterocycles. The van der Waals surface area contributed by atoms with Gasteiger partial charge in [-0.3, -0.25) is 0 Å². The van der Waals surface area contributed by atoms with Crippen molar-refractivity contribution in [2.75, 3.05) is 18.1 Å². The van der Waals surface area contributed by atoms with E-state index >= 15 is 0 Å². The van der Waals surface area contributed by atoms with Gasteiger partial charge in [-0.05, 0) is 41.5 Å². The Hall–Kier alpha value is -3.61. The summed E-state index contributed by atoms with van der Waals surface area (Å²) in [6.45, 7) is -1.44. The van der Waals surface area contributed by atoms with Gasteiger partial charge in [0.05, 0.1) is 18.3 Å². The van der Waals surface area contributed by atoms with E-state index in [1.807, 2.05) is 0 Å². The van der Waals surface area contributed by atoms with Crippen molar-refractivity contribution in [1.29, 1.82) is 0 Å². The number of anilines is 1. The summed E-state index contributed by atoms with van der Waals surface area (Å²) in [6.07, 6.45) is -16.8. The summed E-state index contributed by atoms with van der Waals surface area (Å²) in [5, 5.41) is 9.84. The number of β-amino-alcohol motifs (C(OH)–C–C–N with tert-alkyl or cyclic N) is 1. The van der Waals surface area contributed by atoms with E-state index in [0.717, 1.165) is 29.2 Å². The summed E-state index contributed by atoms with van der Waals surface area (Å²) in [7, 11) is 0. The molecule has 0 aliphatic carbocycles. The largest absolute Gasteiger partial charge is 0.488 e. The molecule has 0 spiro atoms.